The first-order valence-electron chi connectivity index (χ1n) is 7.12. The number of hydrogen-bond donors (Lipinski definition) is 1. The van der Waals surface area contributed by atoms with Crippen molar-refractivity contribution >= 4 is 5.91 Å². The van der Waals surface area contributed by atoms with Crippen LogP contribution in [0.2, 0.25) is 0 Å². The smallest absolute Gasteiger partial charge is 0.239 e. The Labute approximate surface area is 114 Å². The van der Waals surface area contributed by atoms with E-state index in [1.807, 2.05) is 19.1 Å². The highest BCUT2D eigenvalue weighted by atomic mass is 16.3. The summed E-state index contributed by atoms with van der Waals surface area (Å²) in [6.07, 6.45) is 2.86. The third-order valence-corrected chi connectivity index (χ3v) is 3.84. The van der Waals surface area contributed by atoms with Gasteiger partial charge in [-0.15, -0.1) is 0 Å². The molecule has 0 spiro atoms. The molecule has 1 aliphatic rings. The summed E-state index contributed by atoms with van der Waals surface area (Å²) in [7, 11) is 1.78. The average molecular weight is 264 g/mol. The summed E-state index contributed by atoms with van der Waals surface area (Å²) < 4.78 is 5.80. The second kappa shape index (κ2) is 5.78. The number of carbonyl (C=O) groups is 1. The number of nitrogens with two attached hydrogens (primary N) is 1. The van der Waals surface area contributed by atoms with Gasteiger partial charge in [0.15, 0.2) is 0 Å². The summed E-state index contributed by atoms with van der Waals surface area (Å²) in [6.45, 7) is 4.76. The standard InChI is InChI=1S/C15H24N2O2/c1-4-5-13(16)15(18)17(3)9-11-6-7-14(19-11)12-8-10(12)2/h6-7,10,12-13H,4-5,8-9,16H2,1-3H3. The van der Waals surface area contributed by atoms with Gasteiger partial charge in [-0.1, -0.05) is 20.3 Å². The molecular formula is C15H24N2O2. The minimum atomic E-state index is -0.395. The van der Waals surface area contributed by atoms with Gasteiger partial charge in [-0.05, 0) is 30.9 Å². The zero-order valence-corrected chi connectivity index (χ0v) is 12.1. The lowest BCUT2D eigenvalue weighted by Crippen LogP contribution is -2.41. The van der Waals surface area contributed by atoms with Crippen LogP contribution in [0.3, 0.4) is 0 Å². The lowest BCUT2D eigenvalue weighted by Gasteiger charge is -2.19. The molecule has 1 saturated carbocycles. The number of furan rings is 1. The Hall–Kier alpha value is -1.29. The van der Waals surface area contributed by atoms with Crippen LogP contribution < -0.4 is 5.73 Å². The maximum absolute atomic E-state index is 12.0. The van der Waals surface area contributed by atoms with E-state index in [0.717, 1.165) is 30.3 Å². The van der Waals surface area contributed by atoms with E-state index < -0.39 is 6.04 Å². The summed E-state index contributed by atoms with van der Waals surface area (Å²) >= 11 is 0. The van der Waals surface area contributed by atoms with E-state index in [0.29, 0.717) is 12.5 Å². The first kappa shape index (κ1) is 14.1. The maximum Gasteiger partial charge on any atom is 0.239 e. The predicted molar refractivity (Wildman–Crippen MR) is 74.6 cm³/mol. The number of hydrogen-bond acceptors (Lipinski definition) is 3. The van der Waals surface area contributed by atoms with Crippen molar-refractivity contribution in [2.24, 2.45) is 11.7 Å². The van der Waals surface area contributed by atoms with Gasteiger partial charge < -0.3 is 15.1 Å². The molecule has 1 heterocycles. The second-order valence-electron chi connectivity index (χ2n) is 5.71. The van der Waals surface area contributed by atoms with Crippen molar-refractivity contribution in [3.63, 3.8) is 0 Å². The van der Waals surface area contributed by atoms with Crippen molar-refractivity contribution in [3.05, 3.63) is 23.7 Å². The Kier molecular flexibility index (Phi) is 4.30. The fourth-order valence-electron chi connectivity index (χ4n) is 2.43. The molecule has 2 rings (SSSR count). The Morgan fingerprint density at radius 3 is 2.84 bits per heavy atom. The zero-order valence-electron chi connectivity index (χ0n) is 12.1. The van der Waals surface area contributed by atoms with Crippen molar-refractivity contribution in [2.75, 3.05) is 7.05 Å². The van der Waals surface area contributed by atoms with Gasteiger partial charge in [-0.2, -0.15) is 0 Å². The van der Waals surface area contributed by atoms with E-state index in [1.165, 1.54) is 6.42 Å². The lowest BCUT2D eigenvalue weighted by atomic mass is 10.1. The van der Waals surface area contributed by atoms with Crippen molar-refractivity contribution in [1.29, 1.82) is 0 Å². The SMILES string of the molecule is CCCC(N)C(=O)N(C)Cc1ccc(C2CC2C)o1. The topological polar surface area (TPSA) is 59.5 Å². The molecule has 1 fully saturated rings. The van der Waals surface area contributed by atoms with Crippen LogP contribution in [0.15, 0.2) is 16.5 Å². The van der Waals surface area contributed by atoms with Gasteiger partial charge in [0.1, 0.15) is 11.5 Å². The predicted octanol–water partition coefficient (Wildman–Crippen LogP) is 2.49. The highest BCUT2D eigenvalue weighted by Gasteiger charge is 2.36. The van der Waals surface area contributed by atoms with E-state index >= 15 is 0 Å². The number of amides is 1. The van der Waals surface area contributed by atoms with Crippen LogP contribution in [0, 0.1) is 5.92 Å². The van der Waals surface area contributed by atoms with E-state index in [-0.39, 0.29) is 5.91 Å². The van der Waals surface area contributed by atoms with E-state index in [4.69, 9.17) is 10.2 Å². The Morgan fingerprint density at radius 2 is 2.26 bits per heavy atom. The molecule has 106 valence electrons. The molecule has 0 aromatic carbocycles. The number of carbonyl (C=O) groups excluding carboxylic acids is 1. The number of rotatable bonds is 6. The summed E-state index contributed by atoms with van der Waals surface area (Å²) in [5, 5.41) is 0. The third-order valence-electron chi connectivity index (χ3n) is 3.84. The molecule has 0 bridgehead atoms. The molecule has 1 amide bonds. The largest absolute Gasteiger partial charge is 0.464 e. The van der Waals surface area contributed by atoms with Crippen LogP contribution in [0.5, 0.6) is 0 Å². The van der Waals surface area contributed by atoms with E-state index in [2.05, 4.69) is 6.92 Å². The monoisotopic (exact) mass is 264 g/mol. The molecule has 4 nitrogen and oxygen atoms in total. The fraction of sp³-hybridized carbons (Fsp3) is 0.667. The highest BCUT2D eigenvalue weighted by molar-refractivity contribution is 5.81. The fourth-order valence-corrected chi connectivity index (χ4v) is 2.43. The molecule has 3 unspecified atom stereocenters. The Morgan fingerprint density at radius 1 is 1.58 bits per heavy atom. The second-order valence-corrected chi connectivity index (χ2v) is 5.71. The van der Waals surface area contributed by atoms with Gasteiger partial charge in [0.25, 0.3) is 0 Å². The van der Waals surface area contributed by atoms with Crippen molar-refractivity contribution in [3.8, 4) is 0 Å². The molecule has 4 heteroatoms. The van der Waals surface area contributed by atoms with Gasteiger partial charge in [0.2, 0.25) is 5.91 Å². The van der Waals surface area contributed by atoms with Crippen molar-refractivity contribution < 1.29 is 9.21 Å². The Bertz CT molecular complexity index is 441. The zero-order chi connectivity index (χ0) is 14.0. The minimum absolute atomic E-state index is 0.0143. The molecule has 0 saturated heterocycles. The van der Waals surface area contributed by atoms with E-state index in [1.54, 1.807) is 11.9 Å². The quantitative estimate of drug-likeness (QED) is 0.858. The normalized spacial score (nSPS) is 23.2. The van der Waals surface area contributed by atoms with Gasteiger partial charge in [-0.3, -0.25) is 4.79 Å². The third kappa shape index (κ3) is 3.38. The summed E-state index contributed by atoms with van der Waals surface area (Å²) in [4.78, 5) is 13.7. The van der Waals surface area contributed by atoms with Crippen LogP contribution in [-0.4, -0.2) is 23.9 Å². The van der Waals surface area contributed by atoms with Gasteiger partial charge in [0, 0.05) is 13.0 Å². The molecular weight excluding hydrogens is 240 g/mol. The summed E-state index contributed by atoms with van der Waals surface area (Å²) in [5.74, 6) is 3.20. The first-order valence-corrected chi connectivity index (χ1v) is 7.12. The lowest BCUT2D eigenvalue weighted by molar-refractivity contribution is -0.132. The molecule has 3 atom stereocenters. The van der Waals surface area contributed by atoms with Gasteiger partial charge in [-0.25, -0.2) is 0 Å². The number of likely N-dealkylation sites (N-methyl/N-ethyl adjacent to an activating group) is 1. The van der Waals surface area contributed by atoms with E-state index in [9.17, 15) is 4.79 Å². The van der Waals surface area contributed by atoms with Gasteiger partial charge >= 0.3 is 0 Å². The molecule has 0 radical (unpaired) electrons. The van der Waals surface area contributed by atoms with Crippen LogP contribution in [0.25, 0.3) is 0 Å². The molecule has 19 heavy (non-hydrogen) atoms. The molecule has 1 aliphatic carbocycles. The minimum Gasteiger partial charge on any atom is -0.464 e. The summed E-state index contributed by atoms with van der Waals surface area (Å²) in [6, 6.07) is 3.61. The van der Waals surface area contributed by atoms with Crippen LogP contribution in [0.1, 0.15) is 50.5 Å². The highest BCUT2D eigenvalue weighted by Crippen LogP contribution is 2.47. The van der Waals surface area contributed by atoms with Crippen LogP contribution in [-0.2, 0) is 11.3 Å². The molecule has 1 aromatic rings. The molecule has 0 aliphatic heterocycles. The maximum atomic E-state index is 12.0. The average Bonchev–Trinajstić information content (AvgIpc) is 2.92. The first-order chi connectivity index (χ1) is 9.02. The van der Waals surface area contributed by atoms with Crippen LogP contribution in [0.4, 0.5) is 0 Å². The molecule has 1 aromatic heterocycles. The summed E-state index contributed by atoms with van der Waals surface area (Å²) in [5.41, 5.74) is 5.84. The molecule has 2 N–H and O–H groups in total. The van der Waals surface area contributed by atoms with Gasteiger partial charge in [0.05, 0.1) is 12.6 Å². The van der Waals surface area contributed by atoms with Crippen molar-refractivity contribution in [2.45, 2.75) is 51.6 Å². The van der Waals surface area contributed by atoms with Crippen molar-refractivity contribution in [1.82, 2.24) is 4.90 Å². The number of nitrogens with zero attached hydrogens (tertiary/aromatic N) is 1. The Balaban J connectivity index is 1.89. The van der Waals surface area contributed by atoms with Crippen LogP contribution >= 0.6 is 0 Å².